The van der Waals surface area contributed by atoms with Gasteiger partial charge in [0.1, 0.15) is 12.2 Å². The van der Waals surface area contributed by atoms with E-state index in [2.05, 4.69) is 11.3 Å². The van der Waals surface area contributed by atoms with Crippen LogP contribution in [-0.2, 0) is 23.7 Å². The highest BCUT2D eigenvalue weighted by Crippen LogP contribution is 2.00. The van der Waals surface area contributed by atoms with Gasteiger partial charge in [0.15, 0.2) is 0 Å². The number of methoxy groups -OCH3 is 1. The molecule has 6 heteroatoms. The van der Waals surface area contributed by atoms with Crippen molar-refractivity contribution in [2.45, 2.75) is 33.0 Å². The second-order valence-electron chi connectivity index (χ2n) is 3.92. The van der Waals surface area contributed by atoms with E-state index < -0.39 is 18.2 Å². The summed E-state index contributed by atoms with van der Waals surface area (Å²) in [5, 5.41) is 0. The smallest absolute Gasteiger partial charge is 0.457 e. The first-order valence-corrected chi connectivity index (χ1v) is 5.55. The first-order chi connectivity index (χ1) is 8.36. The molecule has 0 radical (unpaired) electrons. The van der Waals surface area contributed by atoms with Gasteiger partial charge >= 0.3 is 12.1 Å². The highest BCUT2D eigenvalue weighted by molar-refractivity contribution is 5.87. The van der Waals surface area contributed by atoms with Gasteiger partial charge in [0.25, 0.3) is 0 Å². The van der Waals surface area contributed by atoms with Crippen LogP contribution in [0.4, 0.5) is 4.79 Å². The summed E-state index contributed by atoms with van der Waals surface area (Å²) in [6.45, 7) is 8.83. The van der Waals surface area contributed by atoms with Crippen molar-refractivity contribution in [3.8, 4) is 0 Å². The van der Waals surface area contributed by atoms with Crippen molar-refractivity contribution in [1.82, 2.24) is 0 Å². The maximum Gasteiger partial charge on any atom is 0.508 e. The third-order valence-electron chi connectivity index (χ3n) is 1.83. The SMILES string of the molecule is C=C(C)C(=O)OC(C)COCC(C)OC(=O)OC. The summed E-state index contributed by atoms with van der Waals surface area (Å²) in [6, 6.07) is 0. The van der Waals surface area contributed by atoms with Crippen LogP contribution in [0, 0.1) is 0 Å². The highest BCUT2D eigenvalue weighted by atomic mass is 16.7. The van der Waals surface area contributed by atoms with Crippen molar-refractivity contribution in [1.29, 1.82) is 0 Å². The third kappa shape index (κ3) is 7.67. The van der Waals surface area contributed by atoms with Crippen LogP contribution in [0.2, 0.25) is 0 Å². The molecular formula is C12H20O6. The predicted octanol–water partition coefficient (Wildman–Crippen LogP) is 1.68. The lowest BCUT2D eigenvalue weighted by atomic mass is 10.3. The summed E-state index contributed by atoms with van der Waals surface area (Å²) >= 11 is 0. The van der Waals surface area contributed by atoms with Crippen LogP contribution < -0.4 is 0 Å². The molecule has 0 saturated heterocycles. The molecule has 6 nitrogen and oxygen atoms in total. The summed E-state index contributed by atoms with van der Waals surface area (Å²) in [5.74, 6) is -0.454. The van der Waals surface area contributed by atoms with E-state index in [9.17, 15) is 9.59 Å². The van der Waals surface area contributed by atoms with Crippen molar-refractivity contribution in [2.75, 3.05) is 20.3 Å². The predicted molar refractivity (Wildman–Crippen MR) is 64.1 cm³/mol. The minimum atomic E-state index is -0.757. The van der Waals surface area contributed by atoms with Crippen LogP contribution in [0.5, 0.6) is 0 Å². The molecule has 0 aromatic heterocycles. The Labute approximate surface area is 107 Å². The Morgan fingerprint density at radius 2 is 1.61 bits per heavy atom. The third-order valence-corrected chi connectivity index (χ3v) is 1.83. The second kappa shape index (κ2) is 8.52. The number of rotatable bonds is 7. The average molecular weight is 260 g/mol. The molecule has 0 aliphatic rings. The van der Waals surface area contributed by atoms with Gasteiger partial charge in [-0.3, -0.25) is 0 Å². The minimum absolute atomic E-state index is 0.198. The minimum Gasteiger partial charge on any atom is -0.457 e. The first-order valence-electron chi connectivity index (χ1n) is 5.55. The molecule has 18 heavy (non-hydrogen) atoms. The largest absolute Gasteiger partial charge is 0.508 e. The Hall–Kier alpha value is -1.56. The Morgan fingerprint density at radius 1 is 1.11 bits per heavy atom. The zero-order chi connectivity index (χ0) is 14.1. The quantitative estimate of drug-likeness (QED) is 0.512. The van der Waals surface area contributed by atoms with Gasteiger partial charge in [0, 0.05) is 5.57 Å². The molecule has 2 unspecified atom stereocenters. The Kier molecular flexibility index (Phi) is 7.78. The Bertz CT molecular complexity index is 299. The van der Waals surface area contributed by atoms with E-state index >= 15 is 0 Å². The fraction of sp³-hybridized carbons (Fsp3) is 0.667. The maximum absolute atomic E-state index is 11.2. The van der Waals surface area contributed by atoms with Crippen LogP contribution in [0.3, 0.4) is 0 Å². The van der Waals surface area contributed by atoms with Crippen LogP contribution in [-0.4, -0.2) is 44.7 Å². The van der Waals surface area contributed by atoms with E-state index in [1.54, 1.807) is 20.8 Å². The average Bonchev–Trinajstić information content (AvgIpc) is 2.28. The highest BCUT2D eigenvalue weighted by Gasteiger charge is 2.13. The lowest BCUT2D eigenvalue weighted by Gasteiger charge is -2.16. The molecule has 0 bridgehead atoms. The van der Waals surface area contributed by atoms with Gasteiger partial charge < -0.3 is 18.9 Å². The Balaban J connectivity index is 3.74. The summed E-state index contributed by atoms with van der Waals surface area (Å²) in [4.78, 5) is 21.9. The molecule has 0 fully saturated rings. The molecule has 0 aromatic carbocycles. The molecule has 0 N–H and O–H groups in total. The number of carbonyl (C=O) groups is 2. The van der Waals surface area contributed by atoms with Gasteiger partial charge in [-0.1, -0.05) is 6.58 Å². The molecule has 104 valence electrons. The van der Waals surface area contributed by atoms with Gasteiger partial charge in [-0.25, -0.2) is 9.59 Å². The van der Waals surface area contributed by atoms with E-state index in [0.717, 1.165) is 0 Å². The van der Waals surface area contributed by atoms with E-state index in [1.165, 1.54) is 7.11 Å². The molecule has 0 spiro atoms. The number of hydrogen-bond acceptors (Lipinski definition) is 6. The van der Waals surface area contributed by atoms with Gasteiger partial charge in [0.2, 0.25) is 0 Å². The van der Waals surface area contributed by atoms with Gasteiger partial charge in [-0.05, 0) is 20.8 Å². The summed E-state index contributed by atoms with van der Waals surface area (Å²) in [6.07, 6.45) is -1.58. The molecule has 0 rings (SSSR count). The zero-order valence-corrected chi connectivity index (χ0v) is 11.2. The maximum atomic E-state index is 11.2. The van der Waals surface area contributed by atoms with Crippen LogP contribution in [0.1, 0.15) is 20.8 Å². The molecule has 0 amide bonds. The van der Waals surface area contributed by atoms with Crippen LogP contribution in [0.15, 0.2) is 12.2 Å². The molecule has 0 aliphatic carbocycles. The molecule has 0 saturated carbocycles. The van der Waals surface area contributed by atoms with Gasteiger partial charge in [0.05, 0.1) is 20.3 Å². The number of carbonyl (C=O) groups excluding carboxylic acids is 2. The first kappa shape index (κ1) is 16.4. The monoisotopic (exact) mass is 260 g/mol. The fourth-order valence-electron chi connectivity index (χ4n) is 0.964. The van der Waals surface area contributed by atoms with E-state index in [0.29, 0.717) is 5.57 Å². The standard InChI is InChI=1S/C12H20O6/c1-8(2)11(13)17-9(3)6-16-7-10(4)18-12(14)15-5/h9-10H,1,6-7H2,2-5H3. The normalized spacial score (nSPS) is 13.3. The zero-order valence-electron chi connectivity index (χ0n) is 11.2. The lowest BCUT2D eigenvalue weighted by Crippen LogP contribution is -2.25. The number of ether oxygens (including phenoxy) is 4. The van der Waals surface area contributed by atoms with Crippen molar-refractivity contribution in [3.05, 3.63) is 12.2 Å². The molecule has 0 heterocycles. The van der Waals surface area contributed by atoms with Crippen LogP contribution >= 0.6 is 0 Å². The van der Waals surface area contributed by atoms with Crippen molar-refractivity contribution < 1.29 is 28.5 Å². The molecule has 0 aliphatic heterocycles. The van der Waals surface area contributed by atoms with Crippen molar-refractivity contribution in [2.24, 2.45) is 0 Å². The summed E-state index contributed by atoms with van der Waals surface area (Å²) in [7, 11) is 1.23. The van der Waals surface area contributed by atoms with Crippen molar-refractivity contribution >= 4 is 12.1 Å². The van der Waals surface area contributed by atoms with E-state index in [4.69, 9.17) is 14.2 Å². The Morgan fingerprint density at radius 3 is 2.06 bits per heavy atom. The topological polar surface area (TPSA) is 71.1 Å². The fourth-order valence-corrected chi connectivity index (χ4v) is 0.964. The molecular weight excluding hydrogens is 240 g/mol. The van der Waals surface area contributed by atoms with E-state index in [1.807, 2.05) is 0 Å². The molecule has 0 aromatic rings. The summed E-state index contributed by atoms with van der Waals surface area (Å²) in [5.41, 5.74) is 0.337. The van der Waals surface area contributed by atoms with Crippen LogP contribution in [0.25, 0.3) is 0 Å². The van der Waals surface area contributed by atoms with Crippen molar-refractivity contribution in [3.63, 3.8) is 0 Å². The number of hydrogen-bond donors (Lipinski definition) is 0. The van der Waals surface area contributed by atoms with Gasteiger partial charge in [-0.15, -0.1) is 0 Å². The van der Waals surface area contributed by atoms with E-state index in [-0.39, 0.29) is 19.3 Å². The lowest BCUT2D eigenvalue weighted by molar-refractivity contribution is -0.146. The second-order valence-corrected chi connectivity index (χ2v) is 3.92. The summed E-state index contributed by atoms with van der Waals surface area (Å²) < 4.78 is 19.4. The molecule has 2 atom stereocenters. The number of esters is 1. The van der Waals surface area contributed by atoms with Gasteiger partial charge in [-0.2, -0.15) is 0 Å².